The van der Waals surface area contributed by atoms with Gasteiger partial charge in [0.15, 0.2) is 6.29 Å². The molecule has 4 heteroatoms. The van der Waals surface area contributed by atoms with Crippen molar-refractivity contribution in [3.05, 3.63) is 39.0 Å². The number of aryl methyl sites for hydroxylation is 1. The molecule has 0 radical (unpaired) electrons. The predicted octanol–water partition coefficient (Wildman–Crippen LogP) is 4.23. The lowest BCUT2D eigenvalue weighted by molar-refractivity contribution is 0.112. The van der Waals surface area contributed by atoms with Crippen LogP contribution in [0, 0.1) is 0 Å². The third-order valence-electron chi connectivity index (χ3n) is 3.45. The summed E-state index contributed by atoms with van der Waals surface area (Å²) in [7, 11) is 0. The number of rotatable bonds is 1. The van der Waals surface area contributed by atoms with E-state index in [1.165, 1.54) is 0 Å². The Morgan fingerprint density at radius 3 is 2.72 bits per heavy atom. The van der Waals surface area contributed by atoms with Crippen LogP contribution in [0.5, 0.6) is 0 Å². The van der Waals surface area contributed by atoms with Crippen molar-refractivity contribution in [3.8, 4) is 0 Å². The molecule has 0 saturated carbocycles. The zero-order valence-corrected chi connectivity index (χ0v) is 11.2. The molecule has 1 aromatic heterocycles. The molecule has 0 bridgehead atoms. The quantitative estimate of drug-likeness (QED) is 0.731. The van der Waals surface area contributed by atoms with Crippen molar-refractivity contribution < 1.29 is 4.79 Å². The Kier molecular flexibility index (Phi) is 3.00. The van der Waals surface area contributed by atoms with Crippen LogP contribution in [0.15, 0.2) is 12.1 Å². The van der Waals surface area contributed by atoms with Crippen molar-refractivity contribution in [1.82, 2.24) is 4.98 Å². The monoisotopic (exact) mass is 279 g/mol. The second-order valence-electron chi connectivity index (χ2n) is 4.56. The number of fused-ring (bicyclic) bond motifs is 2. The summed E-state index contributed by atoms with van der Waals surface area (Å²) in [5.74, 6) is 0. The number of halogens is 2. The summed E-state index contributed by atoms with van der Waals surface area (Å²) >= 11 is 12.2. The topological polar surface area (TPSA) is 30.0 Å². The van der Waals surface area contributed by atoms with Gasteiger partial charge in [-0.05, 0) is 43.4 Å². The van der Waals surface area contributed by atoms with Gasteiger partial charge < -0.3 is 0 Å². The van der Waals surface area contributed by atoms with E-state index in [2.05, 4.69) is 4.98 Å². The molecule has 0 saturated heterocycles. The molecule has 3 rings (SSSR count). The number of nitrogens with zero attached hydrogens (tertiary/aromatic N) is 1. The minimum atomic E-state index is 0.508. The first-order valence-electron chi connectivity index (χ1n) is 5.96. The van der Waals surface area contributed by atoms with Gasteiger partial charge in [0, 0.05) is 21.7 Å². The fraction of sp³-hybridized carbons (Fsp3) is 0.286. The van der Waals surface area contributed by atoms with Crippen LogP contribution < -0.4 is 0 Å². The SMILES string of the molecule is O=Cc1c2c(nc3c(Cl)cc(Cl)cc13)CCCC2. The summed E-state index contributed by atoms with van der Waals surface area (Å²) < 4.78 is 0. The number of carbonyl (C=O) groups excluding carboxylic acids is 1. The van der Waals surface area contributed by atoms with Gasteiger partial charge in [0.1, 0.15) is 0 Å². The molecular formula is C14H11Cl2NO. The highest BCUT2D eigenvalue weighted by atomic mass is 35.5. The first kappa shape index (κ1) is 11.9. The number of aldehydes is 1. The maximum Gasteiger partial charge on any atom is 0.151 e. The van der Waals surface area contributed by atoms with Crippen molar-refractivity contribution >= 4 is 40.4 Å². The number of aromatic nitrogens is 1. The third kappa shape index (κ3) is 1.80. The zero-order chi connectivity index (χ0) is 12.7. The molecule has 1 aromatic carbocycles. The Balaban J connectivity index is 2.44. The van der Waals surface area contributed by atoms with E-state index in [4.69, 9.17) is 23.2 Å². The Bertz CT molecular complexity index is 652. The van der Waals surface area contributed by atoms with Gasteiger partial charge in [0.2, 0.25) is 0 Å². The third-order valence-corrected chi connectivity index (χ3v) is 3.95. The lowest BCUT2D eigenvalue weighted by Crippen LogP contribution is -2.09. The van der Waals surface area contributed by atoms with Crippen LogP contribution in [-0.4, -0.2) is 11.3 Å². The van der Waals surface area contributed by atoms with Crippen LogP contribution in [0.25, 0.3) is 10.9 Å². The maximum absolute atomic E-state index is 11.4. The number of pyridine rings is 1. The fourth-order valence-electron chi connectivity index (χ4n) is 2.62. The summed E-state index contributed by atoms with van der Waals surface area (Å²) in [5, 5.41) is 1.81. The van der Waals surface area contributed by atoms with Gasteiger partial charge in [0.05, 0.1) is 10.5 Å². The van der Waals surface area contributed by atoms with Crippen LogP contribution in [-0.2, 0) is 12.8 Å². The van der Waals surface area contributed by atoms with Crippen molar-refractivity contribution in [2.45, 2.75) is 25.7 Å². The summed E-state index contributed by atoms with van der Waals surface area (Å²) in [6.45, 7) is 0. The molecular weight excluding hydrogens is 269 g/mol. The molecule has 1 aliphatic carbocycles. The average molecular weight is 280 g/mol. The minimum absolute atomic E-state index is 0.508. The first-order chi connectivity index (χ1) is 8.70. The number of hydrogen-bond donors (Lipinski definition) is 0. The number of carbonyl (C=O) groups is 1. The summed E-state index contributed by atoms with van der Waals surface area (Å²) in [6.07, 6.45) is 4.96. The second kappa shape index (κ2) is 4.52. The number of benzene rings is 1. The Morgan fingerprint density at radius 2 is 1.94 bits per heavy atom. The molecule has 2 nitrogen and oxygen atoms in total. The second-order valence-corrected chi connectivity index (χ2v) is 5.40. The van der Waals surface area contributed by atoms with Gasteiger partial charge in [-0.2, -0.15) is 0 Å². The van der Waals surface area contributed by atoms with Crippen molar-refractivity contribution in [2.24, 2.45) is 0 Å². The zero-order valence-electron chi connectivity index (χ0n) is 9.67. The highest BCUT2D eigenvalue weighted by Gasteiger charge is 2.19. The molecule has 2 aromatic rings. The van der Waals surface area contributed by atoms with E-state index in [0.717, 1.165) is 48.6 Å². The van der Waals surface area contributed by atoms with E-state index in [9.17, 15) is 4.79 Å². The highest BCUT2D eigenvalue weighted by molar-refractivity contribution is 6.38. The van der Waals surface area contributed by atoms with Gasteiger partial charge in [0.25, 0.3) is 0 Å². The van der Waals surface area contributed by atoms with Gasteiger partial charge in [-0.3, -0.25) is 9.78 Å². The summed E-state index contributed by atoms with van der Waals surface area (Å²) in [6, 6.07) is 3.44. The van der Waals surface area contributed by atoms with E-state index in [-0.39, 0.29) is 0 Å². The van der Waals surface area contributed by atoms with Gasteiger partial charge in [-0.25, -0.2) is 0 Å². The molecule has 92 valence electrons. The van der Waals surface area contributed by atoms with E-state index < -0.39 is 0 Å². The normalized spacial score (nSPS) is 14.6. The molecule has 0 fully saturated rings. The molecule has 0 N–H and O–H groups in total. The molecule has 0 spiro atoms. The molecule has 1 heterocycles. The van der Waals surface area contributed by atoms with E-state index in [1.807, 2.05) is 0 Å². The van der Waals surface area contributed by atoms with Gasteiger partial charge >= 0.3 is 0 Å². The van der Waals surface area contributed by atoms with E-state index >= 15 is 0 Å². The van der Waals surface area contributed by atoms with Crippen LogP contribution in [0.2, 0.25) is 10.0 Å². The lowest BCUT2D eigenvalue weighted by Gasteiger charge is -2.18. The molecule has 0 aliphatic heterocycles. The standard InChI is InChI=1S/C14H11Cl2NO/c15-8-5-10-11(7-18)9-3-1-2-4-13(9)17-14(10)12(16)6-8/h5-7H,1-4H2. The van der Waals surface area contributed by atoms with Gasteiger partial charge in [-0.15, -0.1) is 0 Å². The molecule has 0 amide bonds. The van der Waals surface area contributed by atoms with Crippen LogP contribution >= 0.6 is 23.2 Å². The summed E-state index contributed by atoms with van der Waals surface area (Å²) in [5.41, 5.74) is 3.48. The van der Waals surface area contributed by atoms with Crippen LogP contribution in [0.1, 0.15) is 34.5 Å². The minimum Gasteiger partial charge on any atom is -0.298 e. The van der Waals surface area contributed by atoms with Gasteiger partial charge in [-0.1, -0.05) is 23.2 Å². The predicted molar refractivity (Wildman–Crippen MR) is 73.8 cm³/mol. The Morgan fingerprint density at radius 1 is 1.17 bits per heavy atom. The molecule has 0 unspecified atom stereocenters. The van der Waals surface area contributed by atoms with E-state index in [0.29, 0.717) is 21.1 Å². The van der Waals surface area contributed by atoms with Crippen molar-refractivity contribution in [3.63, 3.8) is 0 Å². The fourth-order valence-corrected chi connectivity index (χ4v) is 3.16. The molecule has 18 heavy (non-hydrogen) atoms. The van der Waals surface area contributed by atoms with E-state index in [1.54, 1.807) is 12.1 Å². The summed E-state index contributed by atoms with van der Waals surface area (Å²) in [4.78, 5) is 16.0. The largest absolute Gasteiger partial charge is 0.298 e. The first-order valence-corrected chi connectivity index (χ1v) is 6.72. The number of hydrogen-bond acceptors (Lipinski definition) is 2. The average Bonchev–Trinajstić information content (AvgIpc) is 2.36. The molecule has 1 aliphatic rings. The maximum atomic E-state index is 11.4. The Hall–Kier alpha value is -1.12. The van der Waals surface area contributed by atoms with Crippen molar-refractivity contribution in [2.75, 3.05) is 0 Å². The van der Waals surface area contributed by atoms with Crippen LogP contribution in [0.4, 0.5) is 0 Å². The highest BCUT2D eigenvalue weighted by Crippen LogP contribution is 2.33. The Labute approximate surface area is 115 Å². The van der Waals surface area contributed by atoms with Crippen LogP contribution in [0.3, 0.4) is 0 Å². The lowest BCUT2D eigenvalue weighted by atomic mass is 9.90. The molecule has 0 atom stereocenters. The van der Waals surface area contributed by atoms with Crippen molar-refractivity contribution in [1.29, 1.82) is 0 Å². The smallest absolute Gasteiger partial charge is 0.151 e.